The van der Waals surface area contributed by atoms with Crippen LogP contribution in [-0.4, -0.2) is 21.0 Å². The quantitative estimate of drug-likeness (QED) is 0.582. The van der Waals surface area contributed by atoms with Crippen LogP contribution in [0.4, 0.5) is 16.1 Å². The molecule has 0 bridgehead atoms. The fraction of sp³-hybridized carbons (Fsp3) is 0. The second-order valence-corrected chi connectivity index (χ2v) is 4.65. The molecule has 1 heterocycles. The zero-order chi connectivity index (χ0) is 17.1. The predicted octanol–water partition coefficient (Wildman–Crippen LogP) is 3.04. The molecule has 1 N–H and O–H groups in total. The molecule has 120 valence electrons. The number of rotatable bonds is 4. The topological polar surface area (TPSA) is 111 Å². The van der Waals surface area contributed by atoms with Crippen LogP contribution in [-0.2, 0) is 0 Å². The summed E-state index contributed by atoms with van der Waals surface area (Å²) >= 11 is 0. The van der Waals surface area contributed by atoms with Crippen LogP contribution in [0.25, 0.3) is 11.5 Å². The van der Waals surface area contributed by atoms with E-state index in [1.807, 2.05) is 0 Å². The Morgan fingerprint density at radius 2 is 1.96 bits per heavy atom. The average Bonchev–Trinajstić information content (AvgIpc) is 3.03. The predicted molar refractivity (Wildman–Crippen MR) is 80.7 cm³/mol. The number of nitro benzene ring substituents is 1. The lowest BCUT2D eigenvalue weighted by Crippen LogP contribution is -2.14. The first-order valence-electron chi connectivity index (χ1n) is 6.69. The molecule has 0 spiro atoms. The van der Waals surface area contributed by atoms with E-state index in [2.05, 4.69) is 15.5 Å². The monoisotopic (exact) mass is 328 g/mol. The molecule has 0 saturated heterocycles. The van der Waals surface area contributed by atoms with Gasteiger partial charge in [0.25, 0.3) is 11.6 Å². The lowest BCUT2D eigenvalue weighted by Gasteiger charge is -2.01. The van der Waals surface area contributed by atoms with Crippen molar-refractivity contribution in [1.29, 1.82) is 0 Å². The molecule has 0 fully saturated rings. The summed E-state index contributed by atoms with van der Waals surface area (Å²) in [7, 11) is 0. The van der Waals surface area contributed by atoms with Gasteiger partial charge in [0.05, 0.1) is 4.92 Å². The number of anilines is 1. The SMILES string of the molecule is O=C(Nc1nnc(-c2cccc(F)c2)o1)c1ccccc1[N+](=O)[O-]. The van der Waals surface area contributed by atoms with E-state index in [1.54, 1.807) is 6.07 Å². The normalized spacial score (nSPS) is 10.4. The Bertz CT molecular complexity index is 925. The summed E-state index contributed by atoms with van der Waals surface area (Å²) < 4.78 is 18.4. The molecular weight excluding hydrogens is 319 g/mol. The average molecular weight is 328 g/mol. The van der Waals surface area contributed by atoms with Crippen molar-refractivity contribution in [2.75, 3.05) is 5.32 Å². The third kappa shape index (κ3) is 3.09. The van der Waals surface area contributed by atoms with Gasteiger partial charge in [-0.05, 0) is 24.3 Å². The van der Waals surface area contributed by atoms with Gasteiger partial charge < -0.3 is 4.42 Å². The minimum absolute atomic E-state index is 0.00682. The Hall–Kier alpha value is -3.62. The molecule has 2 aromatic carbocycles. The van der Waals surface area contributed by atoms with Gasteiger partial charge in [0.1, 0.15) is 11.4 Å². The van der Waals surface area contributed by atoms with Gasteiger partial charge in [-0.2, -0.15) is 0 Å². The van der Waals surface area contributed by atoms with Crippen molar-refractivity contribution in [2.24, 2.45) is 0 Å². The van der Waals surface area contributed by atoms with Crippen LogP contribution < -0.4 is 5.32 Å². The van der Waals surface area contributed by atoms with Crippen molar-refractivity contribution >= 4 is 17.6 Å². The van der Waals surface area contributed by atoms with Gasteiger partial charge in [0.2, 0.25) is 5.89 Å². The molecule has 24 heavy (non-hydrogen) atoms. The summed E-state index contributed by atoms with van der Waals surface area (Å²) in [5.41, 5.74) is -0.151. The fourth-order valence-electron chi connectivity index (χ4n) is 2.00. The molecule has 8 nitrogen and oxygen atoms in total. The van der Waals surface area contributed by atoms with Crippen LogP contribution >= 0.6 is 0 Å². The Balaban J connectivity index is 1.83. The molecule has 0 aliphatic carbocycles. The molecule has 3 rings (SSSR count). The largest absolute Gasteiger partial charge is 0.403 e. The molecule has 0 saturated carbocycles. The van der Waals surface area contributed by atoms with Gasteiger partial charge in [-0.25, -0.2) is 4.39 Å². The standard InChI is InChI=1S/C15H9FN4O4/c16-10-5-3-4-9(8-10)14-18-19-15(24-14)17-13(21)11-6-1-2-7-12(11)20(22)23/h1-8H,(H,17,19,21). The number of aromatic nitrogens is 2. The Morgan fingerprint density at radius 1 is 1.17 bits per heavy atom. The fourth-order valence-corrected chi connectivity index (χ4v) is 2.00. The number of amides is 1. The maximum absolute atomic E-state index is 13.2. The second kappa shape index (κ2) is 6.24. The summed E-state index contributed by atoms with van der Waals surface area (Å²) in [6, 6.07) is 10.7. The number of hydrogen-bond acceptors (Lipinski definition) is 6. The molecule has 0 atom stereocenters. The third-order valence-electron chi connectivity index (χ3n) is 3.06. The molecule has 0 aliphatic heterocycles. The highest BCUT2D eigenvalue weighted by Crippen LogP contribution is 2.22. The minimum Gasteiger partial charge on any atom is -0.403 e. The van der Waals surface area contributed by atoms with E-state index in [9.17, 15) is 19.3 Å². The summed E-state index contributed by atoms with van der Waals surface area (Å²) in [4.78, 5) is 22.4. The number of nitrogens with zero attached hydrogens (tertiary/aromatic N) is 3. The molecule has 0 aliphatic rings. The zero-order valence-corrected chi connectivity index (χ0v) is 12.0. The third-order valence-corrected chi connectivity index (χ3v) is 3.06. The summed E-state index contributed by atoms with van der Waals surface area (Å²) in [5, 5.41) is 20.5. The van der Waals surface area contributed by atoms with E-state index in [0.29, 0.717) is 5.56 Å². The van der Waals surface area contributed by atoms with E-state index in [0.717, 1.165) is 0 Å². The second-order valence-electron chi connectivity index (χ2n) is 4.65. The van der Waals surface area contributed by atoms with Gasteiger partial charge in [0.15, 0.2) is 0 Å². The van der Waals surface area contributed by atoms with Crippen molar-refractivity contribution in [3.05, 3.63) is 70.0 Å². The molecule has 9 heteroatoms. The maximum atomic E-state index is 13.2. The first kappa shape index (κ1) is 15.3. The lowest BCUT2D eigenvalue weighted by atomic mass is 10.1. The van der Waals surface area contributed by atoms with Gasteiger partial charge in [0, 0.05) is 11.6 Å². The summed E-state index contributed by atoms with van der Waals surface area (Å²) in [6.45, 7) is 0. The minimum atomic E-state index is -0.767. The number of hydrogen-bond donors (Lipinski definition) is 1. The Labute approximate surface area is 134 Å². The number of carbonyl (C=O) groups is 1. The van der Waals surface area contributed by atoms with E-state index >= 15 is 0 Å². The van der Waals surface area contributed by atoms with Gasteiger partial charge >= 0.3 is 6.01 Å². The lowest BCUT2D eigenvalue weighted by molar-refractivity contribution is -0.385. The van der Waals surface area contributed by atoms with Crippen molar-refractivity contribution in [2.45, 2.75) is 0 Å². The highest BCUT2D eigenvalue weighted by atomic mass is 19.1. The highest BCUT2D eigenvalue weighted by molar-refractivity contribution is 6.06. The first-order valence-corrected chi connectivity index (χ1v) is 6.69. The Morgan fingerprint density at radius 3 is 2.71 bits per heavy atom. The van der Waals surface area contributed by atoms with Gasteiger partial charge in [-0.1, -0.05) is 23.3 Å². The number of halogens is 1. The van der Waals surface area contributed by atoms with Crippen molar-refractivity contribution in [1.82, 2.24) is 10.2 Å². The summed E-state index contributed by atoms with van der Waals surface area (Å²) in [6.07, 6.45) is 0. The van der Waals surface area contributed by atoms with E-state index in [1.165, 1.54) is 42.5 Å². The Kier molecular flexibility index (Phi) is 3.98. The van der Waals surface area contributed by atoms with E-state index < -0.39 is 16.6 Å². The van der Waals surface area contributed by atoms with Crippen LogP contribution in [0.5, 0.6) is 0 Å². The van der Waals surface area contributed by atoms with Crippen molar-refractivity contribution < 1.29 is 18.5 Å². The maximum Gasteiger partial charge on any atom is 0.322 e. The zero-order valence-electron chi connectivity index (χ0n) is 12.0. The molecule has 0 unspecified atom stereocenters. The van der Waals surface area contributed by atoms with E-state index in [4.69, 9.17) is 4.42 Å². The van der Waals surface area contributed by atoms with Crippen LogP contribution in [0, 0.1) is 15.9 Å². The van der Waals surface area contributed by atoms with Gasteiger partial charge in [-0.15, -0.1) is 5.10 Å². The van der Waals surface area contributed by atoms with Crippen LogP contribution in [0.1, 0.15) is 10.4 Å². The number of nitro groups is 1. The number of nitrogens with one attached hydrogen (secondary N) is 1. The van der Waals surface area contributed by atoms with E-state index in [-0.39, 0.29) is 23.2 Å². The molecule has 0 radical (unpaired) electrons. The van der Waals surface area contributed by atoms with Crippen LogP contribution in [0.3, 0.4) is 0 Å². The summed E-state index contributed by atoms with van der Waals surface area (Å²) in [5.74, 6) is -1.24. The van der Waals surface area contributed by atoms with Crippen molar-refractivity contribution in [3.8, 4) is 11.5 Å². The first-order chi connectivity index (χ1) is 11.5. The number of carbonyl (C=O) groups excluding carboxylic acids is 1. The van der Waals surface area contributed by atoms with Crippen LogP contribution in [0.2, 0.25) is 0 Å². The molecular formula is C15H9FN4O4. The van der Waals surface area contributed by atoms with Gasteiger partial charge in [-0.3, -0.25) is 20.2 Å². The smallest absolute Gasteiger partial charge is 0.322 e. The molecule has 3 aromatic rings. The molecule has 1 amide bonds. The van der Waals surface area contributed by atoms with Crippen molar-refractivity contribution in [3.63, 3.8) is 0 Å². The highest BCUT2D eigenvalue weighted by Gasteiger charge is 2.21. The molecule has 1 aromatic heterocycles. The number of para-hydroxylation sites is 1. The number of benzene rings is 2. The van der Waals surface area contributed by atoms with Crippen LogP contribution in [0.15, 0.2) is 52.9 Å².